The summed E-state index contributed by atoms with van der Waals surface area (Å²) in [4.78, 5) is 6.21. The second-order valence-electron chi connectivity index (χ2n) is 7.42. The molecule has 0 unspecified atom stereocenters. The highest BCUT2D eigenvalue weighted by Crippen LogP contribution is 2.43. The summed E-state index contributed by atoms with van der Waals surface area (Å²) in [7, 11) is 0. The molecule has 2 aliphatic rings. The minimum Gasteiger partial charge on any atom is -0.508 e. The molecule has 1 saturated heterocycles. The van der Waals surface area contributed by atoms with Crippen molar-refractivity contribution in [1.29, 1.82) is 0 Å². The number of aromatic nitrogens is 1. The number of phenols is 1. The molecule has 0 bridgehead atoms. The lowest BCUT2D eigenvalue weighted by atomic mass is 9.95. The van der Waals surface area contributed by atoms with Crippen LogP contribution in [0.3, 0.4) is 0 Å². The van der Waals surface area contributed by atoms with Gasteiger partial charge in [0.1, 0.15) is 11.9 Å². The first-order chi connectivity index (χ1) is 12.5. The number of aliphatic hydroxyl groups is 1. The van der Waals surface area contributed by atoms with E-state index in [0.717, 1.165) is 19.5 Å². The summed E-state index contributed by atoms with van der Waals surface area (Å²) in [6, 6.07) is 10.1. The first-order valence-corrected chi connectivity index (χ1v) is 9.02. The molecule has 0 amide bonds. The largest absolute Gasteiger partial charge is 0.508 e. The molecule has 2 aromatic rings. The predicted octanol–water partition coefficient (Wildman–Crippen LogP) is 2.37. The molecule has 1 aromatic carbocycles. The van der Waals surface area contributed by atoms with Gasteiger partial charge in [0.05, 0.1) is 5.60 Å². The summed E-state index contributed by atoms with van der Waals surface area (Å²) >= 11 is 0. The Kier molecular flexibility index (Phi) is 4.54. The quantitative estimate of drug-likeness (QED) is 0.859. The van der Waals surface area contributed by atoms with Gasteiger partial charge in [-0.05, 0) is 42.7 Å². The van der Waals surface area contributed by atoms with Gasteiger partial charge in [-0.1, -0.05) is 12.1 Å². The van der Waals surface area contributed by atoms with Crippen LogP contribution in [0.1, 0.15) is 18.4 Å². The number of aromatic hydroxyl groups is 1. The number of likely N-dealkylation sites (tertiary alicyclic amines) is 1. The zero-order valence-electron chi connectivity index (χ0n) is 14.5. The zero-order valence-corrected chi connectivity index (χ0v) is 14.5. The minimum atomic E-state index is -0.773. The van der Waals surface area contributed by atoms with Gasteiger partial charge in [-0.3, -0.25) is 4.90 Å². The number of pyridine rings is 1. The molecule has 4 rings (SSSR count). The van der Waals surface area contributed by atoms with Crippen LogP contribution in [0, 0.1) is 11.7 Å². The summed E-state index contributed by atoms with van der Waals surface area (Å²) in [5.74, 6) is -0.0365. The highest BCUT2D eigenvalue weighted by atomic mass is 19.1. The number of hydrogen-bond donors (Lipinski definition) is 2. The number of ether oxygens (including phenoxy) is 1. The zero-order chi connectivity index (χ0) is 18.1. The van der Waals surface area contributed by atoms with E-state index in [4.69, 9.17) is 4.74 Å². The van der Waals surface area contributed by atoms with Gasteiger partial charge in [0.2, 0.25) is 0 Å². The second kappa shape index (κ2) is 6.85. The van der Waals surface area contributed by atoms with Crippen LogP contribution in [0.2, 0.25) is 0 Å². The second-order valence-corrected chi connectivity index (χ2v) is 7.42. The number of nitrogens with zero attached hydrogens (tertiary/aromatic N) is 2. The fraction of sp³-hybridized carbons (Fsp3) is 0.450. The van der Waals surface area contributed by atoms with Gasteiger partial charge in [0, 0.05) is 38.2 Å². The fourth-order valence-corrected chi connectivity index (χ4v) is 4.21. The monoisotopic (exact) mass is 358 g/mol. The summed E-state index contributed by atoms with van der Waals surface area (Å²) in [5, 5.41) is 20.3. The number of β-amino-alcohol motifs (C(OH)–C–C–N with tert-alkyl or cyclic N) is 1. The molecular weight excluding hydrogens is 335 g/mol. The van der Waals surface area contributed by atoms with Crippen molar-refractivity contribution in [1.82, 2.24) is 9.88 Å². The molecular formula is C20H23FN2O3. The van der Waals surface area contributed by atoms with Crippen LogP contribution in [0.5, 0.6) is 11.6 Å². The van der Waals surface area contributed by atoms with Crippen molar-refractivity contribution in [3.63, 3.8) is 0 Å². The molecule has 1 aliphatic heterocycles. The van der Waals surface area contributed by atoms with Gasteiger partial charge in [-0.25, -0.2) is 9.37 Å². The van der Waals surface area contributed by atoms with Gasteiger partial charge in [0.25, 0.3) is 5.88 Å². The van der Waals surface area contributed by atoms with Gasteiger partial charge in [-0.2, -0.15) is 0 Å². The van der Waals surface area contributed by atoms with Gasteiger partial charge >= 0.3 is 0 Å². The van der Waals surface area contributed by atoms with E-state index >= 15 is 0 Å². The Balaban J connectivity index is 1.31. The number of hydrogen-bond acceptors (Lipinski definition) is 5. The number of fused-ring (bicyclic) bond motifs is 1. The third kappa shape index (κ3) is 3.52. The molecule has 2 heterocycles. The molecule has 1 saturated carbocycles. The normalized spacial score (nSPS) is 28.2. The lowest BCUT2D eigenvalue weighted by Crippen LogP contribution is -2.36. The molecule has 138 valence electrons. The Bertz CT molecular complexity index is 770. The smallest absolute Gasteiger partial charge is 0.250 e. The Morgan fingerprint density at radius 2 is 2.08 bits per heavy atom. The van der Waals surface area contributed by atoms with Crippen molar-refractivity contribution in [2.75, 3.05) is 19.6 Å². The van der Waals surface area contributed by atoms with Gasteiger partial charge in [-0.15, -0.1) is 0 Å². The van der Waals surface area contributed by atoms with Crippen LogP contribution in [0.25, 0.3) is 0 Å². The Morgan fingerprint density at radius 3 is 2.81 bits per heavy atom. The van der Waals surface area contributed by atoms with E-state index in [9.17, 15) is 14.6 Å². The molecule has 1 aromatic heterocycles. The summed E-state index contributed by atoms with van der Waals surface area (Å²) < 4.78 is 19.4. The molecule has 2 N–H and O–H groups in total. The average Bonchev–Trinajstić information content (AvgIpc) is 3.07. The maximum atomic E-state index is 13.7. The predicted molar refractivity (Wildman–Crippen MR) is 94.5 cm³/mol. The van der Waals surface area contributed by atoms with Crippen molar-refractivity contribution in [2.45, 2.75) is 31.0 Å². The third-order valence-electron chi connectivity index (χ3n) is 5.52. The third-order valence-corrected chi connectivity index (χ3v) is 5.52. The number of phenolic OH excluding ortho intramolecular Hbond substituents is 1. The van der Waals surface area contributed by atoms with Gasteiger partial charge in [0.15, 0.2) is 5.82 Å². The van der Waals surface area contributed by atoms with E-state index in [1.807, 2.05) is 12.1 Å². The molecule has 5 nitrogen and oxygen atoms in total. The van der Waals surface area contributed by atoms with Crippen LogP contribution in [-0.4, -0.2) is 51.4 Å². The Labute approximate surface area is 152 Å². The minimum absolute atomic E-state index is 0.0188. The van der Waals surface area contributed by atoms with Crippen molar-refractivity contribution in [3.05, 3.63) is 54.0 Å². The number of halogens is 1. The van der Waals surface area contributed by atoms with E-state index in [1.54, 1.807) is 12.1 Å². The van der Waals surface area contributed by atoms with E-state index < -0.39 is 11.4 Å². The SMILES string of the molecule is Oc1ccc(CCN2C[C@@H]3C[C@@H](Oc4ncccc4F)C[C@]3(O)C2)cc1. The van der Waals surface area contributed by atoms with Crippen molar-refractivity contribution in [3.8, 4) is 11.6 Å². The Hall–Kier alpha value is -2.18. The van der Waals surface area contributed by atoms with Crippen molar-refractivity contribution >= 4 is 0 Å². The topological polar surface area (TPSA) is 65.8 Å². The van der Waals surface area contributed by atoms with E-state index in [0.29, 0.717) is 19.4 Å². The number of benzene rings is 1. The summed E-state index contributed by atoms with van der Waals surface area (Å²) in [6.07, 6.45) is 3.40. The van der Waals surface area contributed by atoms with Crippen molar-refractivity contribution < 1.29 is 19.3 Å². The molecule has 0 spiro atoms. The van der Waals surface area contributed by atoms with Gasteiger partial charge < -0.3 is 14.9 Å². The van der Waals surface area contributed by atoms with Crippen molar-refractivity contribution in [2.24, 2.45) is 5.92 Å². The molecule has 26 heavy (non-hydrogen) atoms. The highest BCUT2D eigenvalue weighted by Gasteiger charge is 2.52. The maximum Gasteiger partial charge on any atom is 0.250 e. The fourth-order valence-electron chi connectivity index (χ4n) is 4.21. The van der Waals surface area contributed by atoms with Crippen LogP contribution in [-0.2, 0) is 6.42 Å². The van der Waals surface area contributed by atoms with E-state index in [2.05, 4.69) is 9.88 Å². The number of rotatable bonds is 5. The molecule has 0 radical (unpaired) electrons. The molecule has 2 fully saturated rings. The van der Waals surface area contributed by atoms with E-state index in [-0.39, 0.29) is 23.7 Å². The average molecular weight is 358 g/mol. The molecule has 6 heteroatoms. The summed E-state index contributed by atoms with van der Waals surface area (Å²) in [6.45, 7) is 2.30. The standard InChI is InChI=1S/C20H23FN2O3/c21-18-2-1-8-22-19(18)26-17-10-15-12-23(13-20(15,25)11-17)9-7-14-3-5-16(24)6-4-14/h1-6,8,15,17,24-25H,7,9-13H2/t15-,17+,20-/m0/s1. The highest BCUT2D eigenvalue weighted by molar-refractivity contribution is 5.26. The molecule has 3 atom stereocenters. The summed E-state index contributed by atoms with van der Waals surface area (Å²) in [5.41, 5.74) is 0.393. The Morgan fingerprint density at radius 1 is 1.27 bits per heavy atom. The lowest BCUT2D eigenvalue weighted by molar-refractivity contribution is 0.0214. The molecule has 1 aliphatic carbocycles. The van der Waals surface area contributed by atoms with Crippen LogP contribution >= 0.6 is 0 Å². The van der Waals surface area contributed by atoms with Crippen LogP contribution in [0.15, 0.2) is 42.6 Å². The van der Waals surface area contributed by atoms with Crippen LogP contribution in [0.4, 0.5) is 4.39 Å². The first-order valence-electron chi connectivity index (χ1n) is 9.02. The van der Waals surface area contributed by atoms with E-state index in [1.165, 1.54) is 23.9 Å². The lowest BCUT2D eigenvalue weighted by Gasteiger charge is -2.23. The maximum absolute atomic E-state index is 13.7. The first kappa shape index (κ1) is 17.2. The van der Waals surface area contributed by atoms with Crippen LogP contribution < -0.4 is 4.74 Å².